The van der Waals surface area contributed by atoms with Crippen molar-refractivity contribution in [3.05, 3.63) is 0 Å². The van der Waals surface area contributed by atoms with Gasteiger partial charge in [-0.15, -0.1) is 0 Å². The zero-order valence-corrected chi connectivity index (χ0v) is 4.82. The third-order valence-corrected chi connectivity index (χ3v) is 0.865. The molecule has 0 radical (unpaired) electrons. The van der Waals surface area contributed by atoms with Crippen molar-refractivity contribution in [2.45, 2.75) is 12.8 Å². The molecule has 8 heavy (non-hydrogen) atoms. The van der Waals surface area contributed by atoms with Crippen molar-refractivity contribution in [2.24, 2.45) is 0 Å². The molecule has 0 aromatic carbocycles. The first-order chi connectivity index (χ1) is 3.27. The van der Waals surface area contributed by atoms with Crippen LogP contribution in [0, 0.1) is 0 Å². The predicted octanol–water partition coefficient (Wildman–Crippen LogP) is 0.132. The van der Waals surface area contributed by atoms with Crippen LogP contribution < -0.4 is 0 Å². The second-order valence-electron chi connectivity index (χ2n) is 1.22. The van der Waals surface area contributed by atoms with Crippen LogP contribution in [0.2, 0.25) is 0 Å². The van der Waals surface area contributed by atoms with Gasteiger partial charge in [0.25, 0.3) is 0 Å². The van der Waals surface area contributed by atoms with E-state index in [1.54, 1.807) is 0 Å². The van der Waals surface area contributed by atoms with Gasteiger partial charge in [-0.3, -0.25) is 4.79 Å². The minimum atomic E-state index is -0.742. The van der Waals surface area contributed by atoms with Crippen molar-refractivity contribution >= 4 is 48.2 Å². The van der Waals surface area contributed by atoms with Crippen LogP contribution in [-0.2, 0) is 4.79 Å². The van der Waals surface area contributed by atoms with Crippen molar-refractivity contribution in [1.82, 2.24) is 0 Å². The molecule has 2 nitrogen and oxygen atoms in total. The van der Waals surface area contributed by atoms with E-state index in [4.69, 9.17) is 5.11 Å². The first-order valence-electron chi connectivity index (χ1n) is 2.10. The Labute approximate surface area is 76.4 Å². The summed E-state index contributed by atoms with van der Waals surface area (Å²) in [6.07, 6.45) is 0.905. The maximum absolute atomic E-state index is 9.72. The number of carboxylic acids is 1. The standard InChI is InChI=1S/C4H8O2S.Na.H/c5-4(6)2-1-3-7;;/h7H,1-3H2,(H,5,6);;. The average molecular weight is 144 g/mol. The Hall–Kier alpha value is 0.820. The van der Waals surface area contributed by atoms with E-state index in [-0.39, 0.29) is 36.0 Å². The molecule has 0 saturated carbocycles. The molecule has 0 amide bonds. The molecule has 0 fully saturated rings. The summed E-state index contributed by atoms with van der Waals surface area (Å²) in [6, 6.07) is 0. The Morgan fingerprint density at radius 1 is 1.62 bits per heavy atom. The molecule has 0 unspecified atom stereocenters. The summed E-state index contributed by atoms with van der Waals surface area (Å²) in [5.41, 5.74) is 0. The molecule has 0 atom stereocenters. The Balaban J connectivity index is 0. The van der Waals surface area contributed by atoms with Gasteiger partial charge in [0, 0.05) is 6.42 Å². The van der Waals surface area contributed by atoms with Gasteiger partial charge in [-0.25, -0.2) is 0 Å². The molecule has 0 aromatic rings. The van der Waals surface area contributed by atoms with E-state index in [0.717, 1.165) is 0 Å². The molecule has 0 heterocycles. The fraction of sp³-hybridized carbons (Fsp3) is 0.750. The van der Waals surface area contributed by atoms with Crippen LogP contribution in [0.5, 0.6) is 0 Å². The maximum atomic E-state index is 9.72. The number of hydrogen-bond acceptors (Lipinski definition) is 2. The van der Waals surface area contributed by atoms with Gasteiger partial charge in [0.15, 0.2) is 0 Å². The van der Waals surface area contributed by atoms with Gasteiger partial charge in [0.1, 0.15) is 0 Å². The normalized spacial score (nSPS) is 7.62. The molecule has 0 aliphatic heterocycles. The van der Waals surface area contributed by atoms with Crippen molar-refractivity contribution in [1.29, 1.82) is 0 Å². The summed E-state index contributed by atoms with van der Waals surface area (Å²) in [7, 11) is 0. The van der Waals surface area contributed by atoms with E-state index >= 15 is 0 Å². The first kappa shape index (κ1) is 11.6. The molecule has 1 N–H and O–H groups in total. The summed E-state index contributed by atoms with van der Waals surface area (Å²) >= 11 is 3.83. The second-order valence-corrected chi connectivity index (χ2v) is 1.67. The van der Waals surface area contributed by atoms with E-state index in [2.05, 4.69) is 12.6 Å². The van der Waals surface area contributed by atoms with Crippen LogP contribution in [0.25, 0.3) is 0 Å². The van der Waals surface area contributed by atoms with E-state index in [0.29, 0.717) is 12.2 Å². The van der Waals surface area contributed by atoms with Gasteiger partial charge in [0.2, 0.25) is 0 Å². The molecule has 0 spiro atoms. The molecule has 0 aromatic heterocycles. The third-order valence-electron chi connectivity index (χ3n) is 0.549. The number of carboxylic acid groups (broad SMARTS) is 1. The van der Waals surface area contributed by atoms with E-state index in [9.17, 15) is 4.79 Å². The van der Waals surface area contributed by atoms with Crippen LogP contribution in [0.4, 0.5) is 0 Å². The quantitative estimate of drug-likeness (QED) is 0.436. The fourth-order valence-electron chi connectivity index (χ4n) is 0.230. The number of aliphatic carboxylic acids is 1. The molecule has 4 heteroatoms. The minimum absolute atomic E-state index is 0. The number of carbonyl (C=O) groups is 1. The van der Waals surface area contributed by atoms with Gasteiger partial charge in [-0.1, -0.05) is 0 Å². The first-order valence-corrected chi connectivity index (χ1v) is 2.73. The van der Waals surface area contributed by atoms with E-state index in [1.807, 2.05) is 0 Å². The van der Waals surface area contributed by atoms with E-state index < -0.39 is 5.97 Å². The van der Waals surface area contributed by atoms with Crippen LogP contribution in [0.15, 0.2) is 0 Å². The molecular weight excluding hydrogens is 135 g/mol. The monoisotopic (exact) mass is 144 g/mol. The van der Waals surface area contributed by atoms with Crippen molar-refractivity contribution in [2.75, 3.05) is 5.75 Å². The number of rotatable bonds is 3. The van der Waals surface area contributed by atoms with Gasteiger partial charge < -0.3 is 5.11 Å². The summed E-state index contributed by atoms with van der Waals surface area (Å²) in [5.74, 6) is -0.0826. The van der Waals surface area contributed by atoms with Gasteiger partial charge in [-0.05, 0) is 12.2 Å². The van der Waals surface area contributed by atoms with Crippen molar-refractivity contribution in [3.63, 3.8) is 0 Å². The van der Waals surface area contributed by atoms with Crippen molar-refractivity contribution < 1.29 is 9.90 Å². The zero-order chi connectivity index (χ0) is 5.70. The SMILES string of the molecule is O=C(O)CCCS.[NaH]. The van der Waals surface area contributed by atoms with E-state index in [1.165, 1.54) is 0 Å². The van der Waals surface area contributed by atoms with Crippen LogP contribution in [0.1, 0.15) is 12.8 Å². The number of thiol groups is 1. The topological polar surface area (TPSA) is 37.3 Å². The van der Waals surface area contributed by atoms with Gasteiger partial charge in [0.05, 0.1) is 0 Å². The second kappa shape index (κ2) is 7.82. The van der Waals surface area contributed by atoms with Crippen molar-refractivity contribution in [3.8, 4) is 0 Å². The predicted molar refractivity (Wildman–Crippen MR) is 37.9 cm³/mol. The Kier molecular flexibility index (Phi) is 11.3. The average Bonchev–Trinajstić information content (AvgIpc) is 1.61. The zero-order valence-electron chi connectivity index (χ0n) is 3.92. The molecule has 0 bridgehead atoms. The van der Waals surface area contributed by atoms with Crippen LogP contribution >= 0.6 is 12.6 Å². The summed E-state index contributed by atoms with van der Waals surface area (Å²) < 4.78 is 0. The van der Waals surface area contributed by atoms with Crippen LogP contribution in [0.3, 0.4) is 0 Å². The molecule has 0 aliphatic carbocycles. The van der Waals surface area contributed by atoms with Gasteiger partial charge in [-0.2, -0.15) is 12.6 Å². The summed E-state index contributed by atoms with van der Waals surface area (Å²) in [4.78, 5) is 9.72. The summed E-state index contributed by atoms with van der Waals surface area (Å²) in [6.45, 7) is 0. The van der Waals surface area contributed by atoms with Crippen LogP contribution in [-0.4, -0.2) is 46.4 Å². The molecule has 44 valence electrons. The molecular formula is C4H9NaO2S. The Morgan fingerprint density at radius 3 is 2.25 bits per heavy atom. The third kappa shape index (κ3) is 9.94. The molecule has 0 rings (SSSR count). The summed E-state index contributed by atoms with van der Waals surface area (Å²) in [5, 5.41) is 8.01. The van der Waals surface area contributed by atoms with Gasteiger partial charge >= 0.3 is 35.5 Å². The number of hydrogen-bond donors (Lipinski definition) is 2. The Morgan fingerprint density at radius 2 is 2.12 bits per heavy atom. The fourth-order valence-corrected chi connectivity index (χ4v) is 0.388. The Bertz CT molecular complexity index is 67.1. The molecule has 0 saturated heterocycles. The molecule has 0 aliphatic rings.